The van der Waals surface area contributed by atoms with Gasteiger partial charge in [-0.3, -0.25) is 14.4 Å². The van der Waals surface area contributed by atoms with Crippen LogP contribution in [0.5, 0.6) is 0 Å². The molecule has 2 amide bonds. The van der Waals surface area contributed by atoms with Crippen molar-refractivity contribution in [3.05, 3.63) is 59.4 Å². The molecule has 6 heteroatoms. The lowest BCUT2D eigenvalue weighted by Crippen LogP contribution is -2.36. The van der Waals surface area contributed by atoms with E-state index in [-0.39, 0.29) is 29.1 Å². The number of hydrogen-bond donors (Lipinski definition) is 2. The number of amides is 2. The second-order valence-corrected chi connectivity index (χ2v) is 6.80. The van der Waals surface area contributed by atoms with Crippen molar-refractivity contribution in [2.45, 2.75) is 45.1 Å². The van der Waals surface area contributed by atoms with Crippen LogP contribution in [0.25, 0.3) is 0 Å². The normalized spacial score (nSPS) is 14.4. The van der Waals surface area contributed by atoms with Crippen molar-refractivity contribution in [3.8, 4) is 0 Å². The summed E-state index contributed by atoms with van der Waals surface area (Å²) in [4.78, 5) is 40.3. The molecule has 6 nitrogen and oxygen atoms in total. The molecule has 0 bridgehead atoms. The number of ketones is 1. The van der Waals surface area contributed by atoms with E-state index in [4.69, 9.17) is 0 Å². The molecule has 0 atom stereocenters. The second-order valence-electron chi connectivity index (χ2n) is 6.80. The van der Waals surface area contributed by atoms with Gasteiger partial charge in [-0.1, -0.05) is 25.3 Å². The third-order valence-corrected chi connectivity index (χ3v) is 4.70. The van der Waals surface area contributed by atoms with Crippen molar-refractivity contribution in [3.63, 3.8) is 0 Å². The summed E-state index contributed by atoms with van der Waals surface area (Å²) in [6.07, 6.45) is 5.45. The van der Waals surface area contributed by atoms with Crippen molar-refractivity contribution < 1.29 is 14.4 Å². The first-order chi connectivity index (χ1) is 13.0. The maximum absolute atomic E-state index is 12.4. The van der Waals surface area contributed by atoms with Crippen LogP contribution in [0, 0.1) is 0 Å². The smallest absolute Gasteiger partial charge is 0.274 e. The molecule has 0 unspecified atom stereocenters. The Kier molecular flexibility index (Phi) is 5.96. The maximum atomic E-state index is 12.4. The van der Waals surface area contributed by atoms with E-state index in [9.17, 15) is 14.4 Å². The van der Waals surface area contributed by atoms with Crippen LogP contribution in [0.3, 0.4) is 0 Å². The standard InChI is InChI=1S/C21H23N3O3/c1-14(25)15-10-12-17(13-11-15)23-21(27)19-9-5-8-18(24-19)20(26)22-16-6-3-2-4-7-16/h5,8-13,16H,2-4,6-7H2,1H3,(H,22,26)(H,23,27). The summed E-state index contributed by atoms with van der Waals surface area (Å²) in [5, 5.41) is 5.73. The molecule has 1 fully saturated rings. The molecule has 1 aliphatic rings. The van der Waals surface area contributed by atoms with Crippen LogP contribution in [0.4, 0.5) is 5.69 Å². The minimum Gasteiger partial charge on any atom is -0.348 e. The first-order valence-corrected chi connectivity index (χ1v) is 9.23. The van der Waals surface area contributed by atoms with Gasteiger partial charge >= 0.3 is 0 Å². The average Bonchev–Trinajstić information content (AvgIpc) is 2.69. The molecule has 1 saturated carbocycles. The van der Waals surface area contributed by atoms with E-state index in [1.165, 1.54) is 13.3 Å². The van der Waals surface area contributed by atoms with Crippen LogP contribution in [0.1, 0.15) is 70.4 Å². The minimum absolute atomic E-state index is 0.0359. The number of aromatic nitrogens is 1. The Labute approximate surface area is 158 Å². The summed E-state index contributed by atoms with van der Waals surface area (Å²) in [6, 6.07) is 11.6. The topological polar surface area (TPSA) is 88.2 Å². The van der Waals surface area contributed by atoms with E-state index in [0.29, 0.717) is 11.3 Å². The lowest BCUT2D eigenvalue weighted by Gasteiger charge is -2.22. The SMILES string of the molecule is CC(=O)c1ccc(NC(=O)c2cccc(C(=O)NC3CCCCC3)n2)cc1. The van der Waals surface area contributed by atoms with E-state index in [0.717, 1.165) is 25.7 Å². The monoisotopic (exact) mass is 365 g/mol. The highest BCUT2D eigenvalue weighted by atomic mass is 16.2. The van der Waals surface area contributed by atoms with Crippen molar-refractivity contribution in [2.75, 3.05) is 5.32 Å². The zero-order valence-electron chi connectivity index (χ0n) is 15.3. The number of carbonyl (C=O) groups is 3. The number of carbonyl (C=O) groups excluding carboxylic acids is 3. The number of anilines is 1. The van der Waals surface area contributed by atoms with Gasteiger partial charge in [0, 0.05) is 17.3 Å². The van der Waals surface area contributed by atoms with Gasteiger partial charge in [0.1, 0.15) is 11.4 Å². The fraction of sp³-hybridized carbons (Fsp3) is 0.333. The molecule has 1 aromatic carbocycles. The lowest BCUT2D eigenvalue weighted by molar-refractivity contribution is 0.0921. The number of nitrogens with zero attached hydrogens (tertiary/aromatic N) is 1. The first kappa shape index (κ1) is 18.8. The molecular formula is C21H23N3O3. The molecule has 2 aromatic rings. The third kappa shape index (κ3) is 5.00. The molecule has 2 N–H and O–H groups in total. The summed E-state index contributed by atoms with van der Waals surface area (Å²) in [5.41, 5.74) is 1.54. The van der Waals surface area contributed by atoms with Crippen LogP contribution in [-0.2, 0) is 0 Å². The molecule has 0 saturated heterocycles. The number of rotatable bonds is 5. The molecule has 140 valence electrons. The highest BCUT2D eigenvalue weighted by molar-refractivity contribution is 6.04. The van der Waals surface area contributed by atoms with E-state index in [1.54, 1.807) is 42.5 Å². The molecule has 27 heavy (non-hydrogen) atoms. The molecule has 0 radical (unpaired) electrons. The lowest BCUT2D eigenvalue weighted by atomic mass is 9.95. The Morgan fingerprint density at radius 1 is 0.889 bits per heavy atom. The molecule has 1 aliphatic carbocycles. The molecule has 1 heterocycles. The van der Waals surface area contributed by atoms with E-state index in [2.05, 4.69) is 15.6 Å². The van der Waals surface area contributed by atoms with Gasteiger partial charge in [0.25, 0.3) is 11.8 Å². The van der Waals surface area contributed by atoms with E-state index < -0.39 is 5.91 Å². The molecule has 3 rings (SSSR count). The predicted molar refractivity (Wildman–Crippen MR) is 103 cm³/mol. The molecule has 1 aromatic heterocycles. The Balaban J connectivity index is 1.65. The first-order valence-electron chi connectivity index (χ1n) is 9.23. The third-order valence-electron chi connectivity index (χ3n) is 4.70. The largest absolute Gasteiger partial charge is 0.348 e. The zero-order chi connectivity index (χ0) is 19.2. The summed E-state index contributed by atoms with van der Waals surface area (Å²) in [5.74, 6) is -0.688. The highest BCUT2D eigenvalue weighted by Crippen LogP contribution is 2.18. The van der Waals surface area contributed by atoms with Gasteiger partial charge in [0.05, 0.1) is 0 Å². The Hall–Kier alpha value is -3.02. The Morgan fingerprint density at radius 2 is 1.52 bits per heavy atom. The van der Waals surface area contributed by atoms with E-state index in [1.807, 2.05) is 0 Å². The van der Waals surface area contributed by atoms with Crippen LogP contribution in [0.15, 0.2) is 42.5 Å². The quantitative estimate of drug-likeness (QED) is 0.793. The number of pyridine rings is 1. The minimum atomic E-state index is -0.405. The van der Waals surface area contributed by atoms with Crippen molar-refractivity contribution >= 4 is 23.3 Å². The van der Waals surface area contributed by atoms with Crippen LogP contribution >= 0.6 is 0 Å². The highest BCUT2D eigenvalue weighted by Gasteiger charge is 2.18. The van der Waals surface area contributed by atoms with Gasteiger partial charge in [-0.05, 0) is 56.2 Å². The summed E-state index contributed by atoms with van der Waals surface area (Å²) < 4.78 is 0. The zero-order valence-corrected chi connectivity index (χ0v) is 15.3. The second kappa shape index (κ2) is 8.58. The fourth-order valence-corrected chi connectivity index (χ4v) is 3.18. The van der Waals surface area contributed by atoms with Gasteiger partial charge in [-0.15, -0.1) is 0 Å². The predicted octanol–water partition coefficient (Wildman–Crippen LogP) is 3.60. The number of nitrogens with one attached hydrogen (secondary N) is 2. The molecule has 0 aliphatic heterocycles. The van der Waals surface area contributed by atoms with Gasteiger partial charge in [0.15, 0.2) is 5.78 Å². The maximum Gasteiger partial charge on any atom is 0.274 e. The van der Waals surface area contributed by atoms with Gasteiger partial charge in [-0.2, -0.15) is 0 Å². The van der Waals surface area contributed by atoms with Crippen molar-refractivity contribution in [1.29, 1.82) is 0 Å². The van der Waals surface area contributed by atoms with Gasteiger partial charge < -0.3 is 10.6 Å². The van der Waals surface area contributed by atoms with Crippen molar-refractivity contribution in [1.82, 2.24) is 10.3 Å². The number of hydrogen-bond acceptors (Lipinski definition) is 4. The summed E-state index contributed by atoms with van der Waals surface area (Å²) in [7, 11) is 0. The molecular weight excluding hydrogens is 342 g/mol. The van der Waals surface area contributed by atoms with Crippen LogP contribution < -0.4 is 10.6 Å². The van der Waals surface area contributed by atoms with Crippen LogP contribution in [0.2, 0.25) is 0 Å². The fourth-order valence-electron chi connectivity index (χ4n) is 3.18. The van der Waals surface area contributed by atoms with Crippen molar-refractivity contribution in [2.24, 2.45) is 0 Å². The van der Waals surface area contributed by atoms with E-state index >= 15 is 0 Å². The van der Waals surface area contributed by atoms with Crippen LogP contribution in [-0.4, -0.2) is 28.6 Å². The average molecular weight is 365 g/mol. The van der Waals surface area contributed by atoms with Gasteiger partial charge in [-0.25, -0.2) is 4.98 Å². The Bertz CT molecular complexity index is 840. The summed E-state index contributed by atoms with van der Waals surface area (Å²) >= 11 is 0. The summed E-state index contributed by atoms with van der Waals surface area (Å²) in [6.45, 7) is 1.49. The Morgan fingerprint density at radius 3 is 2.15 bits per heavy atom. The number of benzene rings is 1. The van der Waals surface area contributed by atoms with Gasteiger partial charge in [0.2, 0.25) is 0 Å². The number of Topliss-reactive ketones (excluding diaryl/α,β-unsaturated/α-hetero) is 1. The molecule has 0 spiro atoms.